The van der Waals surface area contributed by atoms with E-state index in [9.17, 15) is 9.90 Å². The Bertz CT molecular complexity index is 239. The summed E-state index contributed by atoms with van der Waals surface area (Å²) in [5.74, 6) is -0.911. The minimum Gasteiger partial charge on any atom is -0.550 e. The average Bonchev–Trinajstić information content (AvgIpc) is 2.43. The van der Waals surface area contributed by atoms with E-state index >= 15 is 0 Å². The van der Waals surface area contributed by atoms with Gasteiger partial charge in [0.1, 0.15) is 0 Å². The molecule has 0 bridgehead atoms. The Balaban J connectivity index is 0. The van der Waals surface area contributed by atoms with E-state index in [1.807, 2.05) is 0 Å². The standard InChI is InChI=1S/C18H34O2.Na/c1-2-3-4-5-6-7-8-9-10-11-12-13-14-15-16-17-18(19)20;/h7-8H,2-6,9-17H2,1H3,(H,19,20);/q;+1/p-1. The largest absolute Gasteiger partial charge is 1.00 e. The van der Waals surface area contributed by atoms with E-state index in [1.54, 1.807) is 0 Å². The van der Waals surface area contributed by atoms with E-state index in [1.165, 1.54) is 70.6 Å². The van der Waals surface area contributed by atoms with Crippen molar-refractivity contribution in [2.45, 2.75) is 96.8 Å². The molecule has 0 aliphatic rings. The third-order valence-corrected chi connectivity index (χ3v) is 3.64. The first-order valence-electron chi connectivity index (χ1n) is 8.62. The van der Waals surface area contributed by atoms with Gasteiger partial charge in [-0.1, -0.05) is 70.4 Å². The summed E-state index contributed by atoms with van der Waals surface area (Å²) < 4.78 is 0. The Kier molecular flexibility index (Phi) is 22.6. The molecule has 0 radical (unpaired) electrons. The number of carboxylic acids is 1. The summed E-state index contributed by atoms with van der Waals surface area (Å²) in [5.41, 5.74) is 0. The van der Waals surface area contributed by atoms with Crippen LogP contribution in [-0.4, -0.2) is 5.97 Å². The van der Waals surface area contributed by atoms with Gasteiger partial charge in [0.25, 0.3) is 0 Å². The second-order valence-electron chi connectivity index (χ2n) is 5.71. The molecular weight excluding hydrogens is 271 g/mol. The number of carbonyl (C=O) groups is 1. The molecule has 3 heteroatoms. The van der Waals surface area contributed by atoms with Gasteiger partial charge in [0.2, 0.25) is 0 Å². The zero-order valence-electron chi connectivity index (χ0n) is 14.4. The summed E-state index contributed by atoms with van der Waals surface area (Å²) in [4.78, 5) is 10.2. The van der Waals surface area contributed by atoms with Crippen LogP contribution in [0.25, 0.3) is 0 Å². The first-order valence-corrected chi connectivity index (χ1v) is 8.62. The van der Waals surface area contributed by atoms with Crippen LogP contribution in [0.2, 0.25) is 0 Å². The van der Waals surface area contributed by atoms with Crippen LogP contribution in [0.1, 0.15) is 96.8 Å². The summed E-state index contributed by atoms with van der Waals surface area (Å²) in [6.45, 7) is 2.25. The summed E-state index contributed by atoms with van der Waals surface area (Å²) in [6.07, 6.45) is 20.9. The van der Waals surface area contributed by atoms with Gasteiger partial charge in [0.15, 0.2) is 0 Å². The minimum atomic E-state index is -0.911. The van der Waals surface area contributed by atoms with Crippen molar-refractivity contribution in [3.05, 3.63) is 12.2 Å². The molecule has 0 saturated carbocycles. The Hall–Kier alpha value is 0.210. The Labute approximate surface area is 154 Å². The summed E-state index contributed by atoms with van der Waals surface area (Å²) in [7, 11) is 0. The molecule has 0 aliphatic heterocycles. The molecular formula is C18H33NaO2. The monoisotopic (exact) mass is 304 g/mol. The van der Waals surface area contributed by atoms with Crippen LogP contribution in [0, 0.1) is 0 Å². The molecule has 0 fully saturated rings. The van der Waals surface area contributed by atoms with Crippen LogP contribution in [-0.2, 0) is 4.79 Å². The van der Waals surface area contributed by atoms with Crippen molar-refractivity contribution >= 4 is 5.97 Å². The van der Waals surface area contributed by atoms with E-state index in [0.717, 1.165) is 12.8 Å². The van der Waals surface area contributed by atoms with Crippen LogP contribution in [0.15, 0.2) is 12.2 Å². The molecule has 0 atom stereocenters. The number of allylic oxidation sites excluding steroid dienone is 2. The second-order valence-corrected chi connectivity index (χ2v) is 5.71. The number of hydrogen-bond acceptors (Lipinski definition) is 2. The van der Waals surface area contributed by atoms with Crippen LogP contribution < -0.4 is 34.7 Å². The fourth-order valence-electron chi connectivity index (χ4n) is 2.34. The summed E-state index contributed by atoms with van der Waals surface area (Å²) >= 11 is 0. The number of hydrogen-bond donors (Lipinski definition) is 0. The van der Waals surface area contributed by atoms with Crippen molar-refractivity contribution in [1.29, 1.82) is 0 Å². The SMILES string of the molecule is CCCCCCC=CCCCCCCCCCC(=O)[O-].[Na+]. The van der Waals surface area contributed by atoms with Crippen molar-refractivity contribution in [3.63, 3.8) is 0 Å². The van der Waals surface area contributed by atoms with Gasteiger partial charge in [-0.05, 0) is 38.5 Å². The number of rotatable bonds is 15. The number of unbranched alkanes of at least 4 members (excludes halogenated alkanes) is 11. The zero-order chi connectivity index (χ0) is 14.9. The minimum absolute atomic E-state index is 0. The third-order valence-electron chi connectivity index (χ3n) is 3.64. The fraction of sp³-hybridized carbons (Fsp3) is 0.833. The number of carbonyl (C=O) groups excluding carboxylic acids is 1. The topological polar surface area (TPSA) is 40.1 Å². The molecule has 0 heterocycles. The molecule has 21 heavy (non-hydrogen) atoms. The molecule has 0 aromatic rings. The van der Waals surface area contributed by atoms with E-state index < -0.39 is 5.97 Å². The van der Waals surface area contributed by atoms with Crippen molar-refractivity contribution in [1.82, 2.24) is 0 Å². The summed E-state index contributed by atoms with van der Waals surface area (Å²) in [5, 5.41) is 10.2. The molecule has 0 rings (SSSR count). The molecule has 118 valence electrons. The molecule has 2 nitrogen and oxygen atoms in total. The maximum absolute atomic E-state index is 10.2. The fourth-order valence-corrected chi connectivity index (χ4v) is 2.34. The van der Waals surface area contributed by atoms with E-state index in [2.05, 4.69) is 19.1 Å². The van der Waals surface area contributed by atoms with Crippen LogP contribution in [0.4, 0.5) is 0 Å². The van der Waals surface area contributed by atoms with Crippen LogP contribution in [0.3, 0.4) is 0 Å². The van der Waals surface area contributed by atoms with Gasteiger partial charge < -0.3 is 9.90 Å². The van der Waals surface area contributed by atoms with E-state index in [0.29, 0.717) is 0 Å². The molecule has 0 amide bonds. The maximum atomic E-state index is 10.2. The molecule has 0 unspecified atom stereocenters. The quantitative estimate of drug-likeness (QED) is 0.263. The molecule has 0 N–H and O–H groups in total. The van der Waals surface area contributed by atoms with Gasteiger partial charge in [0, 0.05) is 5.97 Å². The number of carboxylic acid groups (broad SMARTS) is 1. The average molecular weight is 304 g/mol. The normalized spacial score (nSPS) is 10.7. The van der Waals surface area contributed by atoms with Gasteiger partial charge in [-0.25, -0.2) is 0 Å². The first kappa shape index (κ1) is 23.5. The molecule has 0 aliphatic carbocycles. The Morgan fingerprint density at radius 1 is 0.762 bits per heavy atom. The molecule has 0 spiro atoms. The van der Waals surface area contributed by atoms with E-state index in [-0.39, 0.29) is 36.0 Å². The Morgan fingerprint density at radius 2 is 1.19 bits per heavy atom. The van der Waals surface area contributed by atoms with Gasteiger partial charge in [-0.3, -0.25) is 0 Å². The van der Waals surface area contributed by atoms with E-state index in [4.69, 9.17) is 0 Å². The van der Waals surface area contributed by atoms with Gasteiger partial charge in [-0.2, -0.15) is 0 Å². The molecule has 0 aromatic heterocycles. The number of aliphatic carboxylic acids is 1. The van der Waals surface area contributed by atoms with Crippen LogP contribution >= 0.6 is 0 Å². The third kappa shape index (κ3) is 22.6. The van der Waals surface area contributed by atoms with Crippen LogP contribution in [0.5, 0.6) is 0 Å². The van der Waals surface area contributed by atoms with Crippen molar-refractivity contribution in [2.24, 2.45) is 0 Å². The Morgan fingerprint density at radius 3 is 1.67 bits per heavy atom. The van der Waals surface area contributed by atoms with Gasteiger partial charge >= 0.3 is 29.6 Å². The predicted molar refractivity (Wildman–Crippen MR) is 84.5 cm³/mol. The predicted octanol–water partition coefficient (Wildman–Crippen LogP) is 1.78. The zero-order valence-corrected chi connectivity index (χ0v) is 16.4. The van der Waals surface area contributed by atoms with Crippen molar-refractivity contribution in [3.8, 4) is 0 Å². The van der Waals surface area contributed by atoms with Gasteiger partial charge in [0.05, 0.1) is 0 Å². The van der Waals surface area contributed by atoms with Crippen molar-refractivity contribution in [2.75, 3.05) is 0 Å². The van der Waals surface area contributed by atoms with Gasteiger partial charge in [-0.15, -0.1) is 0 Å². The summed E-state index contributed by atoms with van der Waals surface area (Å²) in [6, 6.07) is 0. The maximum Gasteiger partial charge on any atom is 1.00 e. The van der Waals surface area contributed by atoms with Crippen molar-refractivity contribution < 1.29 is 39.5 Å². The first-order chi connectivity index (χ1) is 9.77. The molecule has 0 aromatic carbocycles. The molecule has 0 saturated heterocycles. The second kappa shape index (κ2) is 20.2. The smallest absolute Gasteiger partial charge is 0.550 e.